The predicted octanol–water partition coefficient (Wildman–Crippen LogP) is 5.76. The maximum Gasteiger partial charge on any atom is 0.313 e. The molecule has 1 aliphatic carbocycles. The quantitative estimate of drug-likeness (QED) is 0.468. The maximum atomic E-state index is 13.9. The molecule has 0 aliphatic heterocycles. The number of hydrogen-bond donors (Lipinski definition) is 0. The van der Waals surface area contributed by atoms with Gasteiger partial charge in [0.15, 0.2) is 11.6 Å². The third-order valence-electron chi connectivity index (χ3n) is 5.33. The Morgan fingerprint density at radius 1 is 0.933 bits per heavy atom. The molecule has 1 saturated carbocycles. The van der Waals surface area contributed by atoms with Gasteiger partial charge in [0.05, 0.1) is 0 Å². The summed E-state index contributed by atoms with van der Waals surface area (Å²) >= 11 is 0. The molecule has 0 saturated heterocycles. The van der Waals surface area contributed by atoms with E-state index in [9.17, 15) is 9.18 Å². The number of carbonyl (C=O) groups is 1. The Hall–Kier alpha value is -3.34. The van der Waals surface area contributed by atoms with Gasteiger partial charge in [0.2, 0.25) is 0 Å². The average Bonchev–Trinajstić information content (AvgIpc) is 3.29. The van der Waals surface area contributed by atoms with Gasteiger partial charge in [-0.3, -0.25) is 4.79 Å². The van der Waals surface area contributed by atoms with E-state index in [0.29, 0.717) is 5.75 Å². The molecular weight excluding hydrogens is 383 g/mol. The zero-order valence-corrected chi connectivity index (χ0v) is 16.9. The molecule has 0 radical (unpaired) electrons. The fourth-order valence-electron chi connectivity index (χ4n) is 3.48. The number of benzene rings is 3. The largest absolute Gasteiger partial charge is 0.486 e. The molecule has 154 valence electrons. The fourth-order valence-corrected chi connectivity index (χ4v) is 3.48. The maximum absolute atomic E-state index is 13.9. The van der Waals surface area contributed by atoms with E-state index in [2.05, 4.69) is 0 Å². The van der Waals surface area contributed by atoms with E-state index in [0.717, 1.165) is 11.3 Å². The van der Waals surface area contributed by atoms with Crippen molar-refractivity contribution in [3.8, 4) is 17.2 Å². The lowest BCUT2D eigenvalue weighted by molar-refractivity contribution is -0.147. The first kappa shape index (κ1) is 20.0. The Kier molecular flexibility index (Phi) is 5.44. The molecule has 3 aromatic carbocycles. The molecule has 5 heteroatoms. The summed E-state index contributed by atoms with van der Waals surface area (Å²) in [6, 6.07) is 23.1. The molecule has 30 heavy (non-hydrogen) atoms. The Morgan fingerprint density at radius 2 is 1.63 bits per heavy atom. The summed E-state index contributed by atoms with van der Waals surface area (Å²) in [4.78, 5) is 12.6. The van der Waals surface area contributed by atoms with Gasteiger partial charge in [-0.25, -0.2) is 4.39 Å². The molecule has 1 aliphatic rings. The highest BCUT2D eigenvalue weighted by molar-refractivity contribution is 5.78. The number of halogens is 1. The number of hydrogen-bond acceptors (Lipinski definition) is 4. The second kappa shape index (κ2) is 8.19. The van der Waals surface area contributed by atoms with Gasteiger partial charge in [-0.05, 0) is 42.0 Å². The normalized spacial score (nSPS) is 19.0. The highest BCUT2D eigenvalue weighted by Crippen LogP contribution is 2.54. The van der Waals surface area contributed by atoms with Crippen molar-refractivity contribution in [2.45, 2.75) is 26.6 Å². The summed E-state index contributed by atoms with van der Waals surface area (Å²) in [6.07, 6.45) is -0.422. The van der Waals surface area contributed by atoms with E-state index in [1.165, 1.54) is 6.07 Å². The minimum absolute atomic E-state index is 0.129. The zero-order valence-electron chi connectivity index (χ0n) is 16.9. The van der Waals surface area contributed by atoms with E-state index < -0.39 is 23.3 Å². The molecule has 2 atom stereocenters. The summed E-state index contributed by atoms with van der Waals surface area (Å²) in [5.41, 5.74) is 0.402. The highest BCUT2D eigenvalue weighted by atomic mass is 19.1. The minimum Gasteiger partial charge on any atom is -0.486 e. The van der Waals surface area contributed by atoms with Crippen molar-refractivity contribution >= 4 is 5.97 Å². The first-order valence-electron chi connectivity index (χ1n) is 9.85. The van der Waals surface area contributed by atoms with Crippen molar-refractivity contribution in [2.75, 3.05) is 0 Å². The molecule has 0 heterocycles. The number of ether oxygens (including phenoxy) is 3. The Labute approximate surface area is 175 Å². The number of rotatable bonds is 7. The number of esters is 1. The molecular formula is C25H23FO4. The van der Waals surface area contributed by atoms with E-state index in [1.54, 1.807) is 18.2 Å². The summed E-state index contributed by atoms with van der Waals surface area (Å²) in [5, 5.41) is 0. The van der Waals surface area contributed by atoms with Gasteiger partial charge in [0, 0.05) is 5.41 Å². The first-order chi connectivity index (χ1) is 14.4. The molecule has 0 N–H and O–H groups in total. The van der Waals surface area contributed by atoms with Crippen LogP contribution in [0.1, 0.15) is 19.4 Å². The lowest BCUT2D eigenvalue weighted by Crippen LogP contribution is -2.12. The molecule has 3 aromatic rings. The molecule has 4 rings (SSSR count). The number of carbonyl (C=O) groups excluding carboxylic acids is 1. The van der Waals surface area contributed by atoms with Crippen LogP contribution < -0.4 is 9.47 Å². The molecule has 0 aromatic heterocycles. The summed E-state index contributed by atoms with van der Waals surface area (Å²) in [5.74, 6) is 0.317. The lowest BCUT2D eigenvalue weighted by atomic mass is 10.1. The van der Waals surface area contributed by atoms with Crippen LogP contribution >= 0.6 is 0 Å². The third-order valence-corrected chi connectivity index (χ3v) is 5.33. The molecule has 0 spiro atoms. The van der Waals surface area contributed by atoms with Crippen LogP contribution in [0.4, 0.5) is 4.39 Å². The third kappa shape index (κ3) is 4.30. The van der Waals surface area contributed by atoms with Gasteiger partial charge in [-0.2, -0.15) is 0 Å². The van der Waals surface area contributed by atoms with Crippen LogP contribution in [-0.2, 0) is 16.1 Å². The molecule has 4 nitrogen and oxygen atoms in total. The van der Waals surface area contributed by atoms with E-state index >= 15 is 0 Å². The van der Waals surface area contributed by atoms with Crippen molar-refractivity contribution in [3.63, 3.8) is 0 Å². The van der Waals surface area contributed by atoms with Crippen molar-refractivity contribution < 1.29 is 23.4 Å². The van der Waals surface area contributed by atoms with Crippen LogP contribution in [0.15, 0.2) is 78.9 Å². The van der Waals surface area contributed by atoms with Crippen LogP contribution in [0, 0.1) is 17.2 Å². The van der Waals surface area contributed by atoms with Crippen LogP contribution in [0.5, 0.6) is 17.2 Å². The van der Waals surface area contributed by atoms with Gasteiger partial charge >= 0.3 is 5.97 Å². The minimum atomic E-state index is -0.444. The smallest absolute Gasteiger partial charge is 0.313 e. The van der Waals surface area contributed by atoms with Crippen molar-refractivity contribution in [3.05, 3.63) is 90.2 Å². The zero-order chi connectivity index (χ0) is 21.1. The summed E-state index contributed by atoms with van der Waals surface area (Å²) in [7, 11) is 0. The second-order valence-electron chi connectivity index (χ2n) is 7.94. The van der Waals surface area contributed by atoms with E-state index in [-0.39, 0.29) is 18.3 Å². The number of para-hydroxylation sites is 2. The monoisotopic (exact) mass is 406 g/mol. The molecule has 0 amide bonds. The second-order valence-corrected chi connectivity index (χ2v) is 7.94. The highest BCUT2D eigenvalue weighted by Gasteiger charge is 2.65. The van der Waals surface area contributed by atoms with Gasteiger partial charge in [-0.15, -0.1) is 0 Å². The first-order valence-corrected chi connectivity index (χ1v) is 9.85. The van der Waals surface area contributed by atoms with Crippen LogP contribution in [0.25, 0.3) is 0 Å². The topological polar surface area (TPSA) is 44.8 Å². The van der Waals surface area contributed by atoms with Crippen molar-refractivity contribution in [1.29, 1.82) is 0 Å². The average molecular weight is 406 g/mol. The van der Waals surface area contributed by atoms with Gasteiger partial charge < -0.3 is 14.2 Å². The Balaban J connectivity index is 1.35. The summed E-state index contributed by atoms with van der Waals surface area (Å²) < 4.78 is 31.0. The van der Waals surface area contributed by atoms with E-state index in [1.807, 2.05) is 68.4 Å². The lowest BCUT2D eigenvalue weighted by Gasteiger charge is -2.09. The van der Waals surface area contributed by atoms with Crippen LogP contribution in [-0.4, -0.2) is 12.1 Å². The SMILES string of the molecule is CC1(C)C(Oc2ccccc2F)C1C(=O)OCc1cccc(Oc2ccccc2)c1. The Bertz CT molecular complexity index is 1030. The van der Waals surface area contributed by atoms with Crippen LogP contribution in [0.2, 0.25) is 0 Å². The van der Waals surface area contributed by atoms with Gasteiger partial charge in [0.1, 0.15) is 30.1 Å². The molecule has 1 fully saturated rings. The van der Waals surface area contributed by atoms with Gasteiger partial charge in [0.25, 0.3) is 0 Å². The molecule has 0 bridgehead atoms. The van der Waals surface area contributed by atoms with Crippen molar-refractivity contribution in [1.82, 2.24) is 0 Å². The van der Waals surface area contributed by atoms with Crippen molar-refractivity contribution in [2.24, 2.45) is 11.3 Å². The van der Waals surface area contributed by atoms with E-state index in [4.69, 9.17) is 14.2 Å². The summed E-state index contributed by atoms with van der Waals surface area (Å²) in [6.45, 7) is 3.96. The molecule has 2 unspecified atom stereocenters. The fraction of sp³-hybridized carbons (Fsp3) is 0.240. The van der Waals surface area contributed by atoms with Crippen LogP contribution in [0.3, 0.4) is 0 Å². The predicted molar refractivity (Wildman–Crippen MR) is 111 cm³/mol. The Morgan fingerprint density at radius 3 is 2.40 bits per heavy atom. The standard InChI is InChI=1S/C25H23FO4/c1-25(2)22(23(25)30-21-14-7-6-13-20(21)26)24(27)28-16-17-9-8-12-19(15-17)29-18-10-4-3-5-11-18/h3-15,22-23H,16H2,1-2H3. The van der Waals surface area contributed by atoms with Gasteiger partial charge in [-0.1, -0.05) is 56.3 Å².